The number of hydrogen-bond acceptors (Lipinski definition) is 3. The molecule has 0 bridgehead atoms. The van der Waals surface area contributed by atoms with Crippen LogP contribution in [0, 0.1) is 0 Å². The van der Waals surface area contributed by atoms with E-state index in [1.54, 1.807) is 6.07 Å². The van der Waals surface area contributed by atoms with Gasteiger partial charge in [0.05, 0.1) is 5.56 Å². The number of hydrogen-bond donors (Lipinski definition) is 0. The Bertz CT molecular complexity index is 1080. The molecule has 33 heavy (non-hydrogen) atoms. The second-order valence-corrected chi connectivity index (χ2v) is 10.7. The Morgan fingerprint density at radius 3 is 2.24 bits per heavy atom. The van der Waals surface area contributed by atoms with Crippen molar-refractivity contribution in [1.29, 1.82) is 0 Å². The molecule has 3 aromatic rings. The molecular weight excluding hydrogens is 443 g/mol. The van der Waals surface area contributed by atoms with Crippen molar-refractivity contribution in [1.82, 2.24) is 14.8 Å². The van der Waals surface area contributed by atoms with Crippen LogP contribution in [0.15, 0.2) is 53.7 Å². The van der Waals surface area contributed by atoms with Gasteiger partial charge in [-0.3, -0.25) is 4.57 Å². The molecule has 7 heteroatoms. The molecule has 1 heterocycles. The van der Waals surface area contributed by atoms with E-state index >= 15 is 0 Å². The van der Waals surface area contributed by atoms with Gasteiger partial charge < -0.3 is 0 Å². The third-order valence-corrected chi connectivity index (χ3v) is 7.25. The quantitative estimate of drug-likeness (QED) is 0.351. The molecule has 0 radical (unpaired) electrons. The molecule has 0 amide bonds. The molecule has 1 fully saturated rings. The Balaban J connectivity index is 1.63. The second-order valence-electron chi connectivity index (χ2n) is 9.78. The molecule has 1 aliphatic carbocycles. The molecule has 0 saturated heterocycles. The van der Waals surface area contributed by atoms with Crippen LogP contribution in [0.4, 0.5) is 13.2 Å². The Morgan fingerprint density at radius 2 is 1.61 bits per heavy atom. The van der Waals surface area contributed by atoms with E-state index in [0.717, 1.165) is 35.5 Å². The molecule has 0 spiro atoms. The van der Waals surface area contributed by atoms with Crippen molar-refractivity contribution in [3.63, 3.8) is 0 Å². The van der Waals surface area contributed by atoms with Crippen molar-refractivity contribution in [2.45, 2.75) is 81.4 Å². The highest BCUT2D eigenvalue weighted by Gasteiger charge is 2.30. The minimum atomic E-state index is -4.34. The summed E-state index contributed by atoms with van der Waals surface area (Å²) in [7, 11) is 0. The van der Waals surface area contributed by atoms with Crippen LogP contribution in [0.5, 0.6) is 0 Å². The van der Waals surface area contributed by atoms with E-state index in [1.807, 2.05) is 0 Å². The maximum Gasteiger partial charge on any atom is 0.416 e. The summed E-state index contributed by atoms with van der Waals surface area (Å²) in [5.74, 6) is 1.26. The average molecular weight is 474 g/mol. The zero-order chi connectivity index (χ0) is 23.6. The summed E-state index contributed by atoms with van der Waals surface area (Å²) in [4.78, 5) is 0. The molecule has 0 atom stereocenters. The first kappa shape index (κ1) is 23.9. The Kier molecular flexibility index (Phi) is 6.89. The number of thioether (sulfide) groups is 1. The van der Waals surface area contributed by atoms with Crippen LogP contribution in [0.1, 0.15) is 75.6 Å². The second kappa shape index (κ2) is 9.53. The predicted molar refractivity (Wildman–Crippen MR) is 127 cm³/mol. The number of benzene rings is 2. The monoisotopic (exact) mass is 473 g/mol. The first-order valence-electron chi connectivity index (χ1n) is 11.5. The molecule has 1 aromatic heterocycles. The Morgan fingerprint density at radius 1 is 0.909 bits per heavy atom. The number of aromatic nitrogens is 3. The summed E-state index contributed by atoms with van der Waals surface area (Å²) in [5, 5.41) is 9.79. The van der Waals surface area contributed by atoms with Gasteiger partial charge in [0.25, 0.3) is 0 Å². The molecule has 0 N–H and O–H groups in total. The number of rotatable bonds is 5. The van der Waals surface area contributed by atoms with E-state index in [0.29, 0.717) is 17.4 Å². The molecule has 2 aromatic carbocycles. The third-order valence-electron chi connectivity index (χ3n) is 6.24. The lowest BCUT2D eigenvalue weighted by molar-refractivity contribution is -0.137. The minimum Gasteiger partial charge on any atom is -0.299 e. The summed E-state index contributed by atoms with van der Waals surface area (Å²) >= 11 is 1.46. The normalized spacial score (nSPS) is 15.7. The van der Waals surface area contributed by atoms with Gasteiger partial charge in [0.15, 0.2) is 11.0 Å². The summed E-state index contributed by atoms with van der Waals surface area (Å²) in [6.07, 6.45) is 1.38. The fourth-order valence-electron chi connectivity index (χ4n) is 4.35. The molecule has 176 valence electrons. The van der Waals surface area contributed by atoms with Crippen LogP contribution in [0.25, 0.3) is 11.4 Å². The lowest BCUT2D eigenvalue weighted by atomic mass is 9.86. The molecule has 1 aliphatic rings. The van der Waals surface area contributed by atoms with Gasteiger partial charge in [0, 0.05) is 17.4 Å². The van der Waals surface area contributed by atoms with E-state index in [1.165, 1.54) is 48.7 Å². The van der Waals surface area contributed by atoms with Gasteiger partial charge in [-0.2, -0.15) is 13.2 Å². The van der Waals surface area contributed by atoms with Gasteiger partial charge in [0.2, 0.25) is 0 Å². The molecule has 3 nitrogen and oxygen atoms in total. The Hall–Kier alpha value is -2.28. The van der Waals surface area contributed by atoms with Crippen LogP contribution in [-0.2, 0) is 17.3 Å². The summed E-state index contributed by atoms with van der Waals surface area (Å²) < 4.78 is 41.5. The molecule has 0 aliphatic heterocycles. The van der Waals surface area contributed by atoms with Crippen LogP contribution < -0.4 is 0 Å². The highest BCUT2D eigenvalue weighted by Crippen LogP contribution is 2.37. The van der Waals surface area contributed by atoms with Gasteiger partial charge >= 0.3 is 6.18 Å². The smallest absolute Gasteiger partial charge is 0.299 e. The van der Waals surface area contributed by atoms with Gasteiger partial charge in [-0.25, -0.2) is 0 Å². The highest BCUT2D eigenvalue weighted by molar-refractivity contribution is 7.98. The topological polar surface area (TPSA) is 30.7 Å². The predicted octanol–water partition coefficient (Wildman–Crippen LogP) is 8.06. The Labute approximate surface area is 197 Å². The maximum atomic E-state index is 13.1. The zero-order valence-electron chi connectivity index (χ0n) is 19.3. The van der Waals surface area contributed by atoms with E-state index in [9.17, 15) is 13.2 Å². The van der Waals surface area contributed by atoms with Crippen molar-refractivity contribution in [3.05, 3.63) is 65.2 Å². The number of nitrogens with zero attached hydrogens (tertiary/aromatic N) is 3. The largest absolute Gasteiger partial charge is 0.416 e. The van der Waals surface area contributed by atoms with Crippen LogP contribution >= 0.6 is 11.8 Å². The van der Waals surface area contributed by atoms with Gasteiger partial charge in [-0.15, -0.1) is 10.2 Å². The van der Waals surface area contributed by atoms with E-state index in [2.05, 4.69) is 59.8 Å². The highest BCUT2D eigenvalue weighted by atomic mass is 32.2. The van der Waals surface area contributed by atoms with Crippen LogP contribution in [0.2, 0.25) is 0 Å². The SMILES string of the molecule is CC(C)(C)c1ccc(-c2nnc(SCc3cccc(C(F)(F)F)c3)n2C2CCCCC2)cc1. The van der Waals surface area contributed by atoms with Crippen molar-refractivity contribution in [3.8, 4) is 11.4 Å². The molecule has 1 saturated carbocycles. The number of alkyl halides is 3. The zero-order valence-corrected chi connectivity index (χ0v) is 20.1. The standard InChI is InChI=1S/C26H30F3N3S/c1-25(2,3)20-14-12-19(13-15-20)23-30-31-24(32(23)22-10-5-4-6-11-22)33-17-18-8-7-9-21(16-18)26(27,28)29/h7-9,12-16,22H,4-6,10-11,17H2,1-3H3. The summed E-state index contributed by atoms with van der Waals surface area (Å²) in [6, 6.07) is 14.3. The van der Waals surface area contributed by atoms with Crippen LogP contribution in [-0.4, -0.2) is 14.8 Å². The fourth-order valence-corrected chi connectivity index (χ4v) is 5.29. The fraction of sp³-hybridized carbons (Fsp3) is 0.462. The summed E-state index contributed by atoms with van der Waals surface area (Å²) in [6.45, 7) is 6.57. The number of halogens is 3. The van der Waals surface area contributed by atoms with Crippen molar-refractivity contribution in [2.75, 3.05) is 0 Å². The van der Waals surface area contributed by atoms with Gasteiger partial charge in [0.1, 0.15) is 0 Å². The lowest BCUT2D eigenvalue weighted by Gasteiger charge is -2.26. The van der Waals surface area contributed by atoms with Crippen molar-refractivity contribution < 1.29 is 13.2 Å². The van der Waals surface area contributed by atoms with Crippen molar-refractivity contribution >= 4 is 11.8 Å². The maximum absolute atomic E-state index is 13.1. The average Bonchev–Trinajstić information content (AvgIpc) is 3.21. The van der Waals surface area contributed by atoms with E-state index in [4.69, 9.17) is 0 Å². The molecule has 4 rings (SSSR count). The molecular formula is C26H30F3N3S. The summed E-state index contributed by atoms with van der Waals surface area (Å²) in [5.41, 5.74) is 2.36. The van der Waals surface area contributed by atoms with Crippen LogP contribution in [0.3, 0.4) is 0 Å². The first-order valence-corrected chi connectivity index (χ1v) is 12.5. The first-order chi connectivity index (χ1) is 15.6. The minimum absolute atomic E-state index is 0.0710. The third kappa shape index (κ3) is 5.62. The van der Waals surface area contributed by atoms with Gasteiger partial charge in [-0.1, -0.05) is 94.3 Å². The van der Waals surface area contributed by atoms with E-state index in [-0.39, 0.29) is 5.41 Å². The van der Waals surface area contributed by atoms with Crippen molar-refractivity contribution in [2.24, 2.45) is 0 Å². The van der Waals surface area contributed by atoms with E-state index < -0.39 is 11.7 Å². The lowest BCUT2D eigenvalue weighted by Crippen LogP contribution is -2.15. The van der Waals surface area contributed by atoms with Gasteiger partial charge in [-0.05, 0) is 35.4 Å². The molecule has 0 unspecified atom stereocenters.